The van der Waals surface area contributed by atoms with E-state index in [2.05, 4.69) is 0 Å². The molecule has 0 saturated carbocycles. The van der Waals surface area contributed by atoms with Crippen molar-refractivity contribution in [1.82, 2.24) is 0 Å². The second-order valence-corrected chi connectivity index (χ2v) is 10.2. The largest absolute Gasteiger partial charge is 0.481 e. The zero-order chi connectivity index (χ0) is 28.8. The van der Waals surface area contributed by atoms with Crippen LogP contribution in [-0.2, 0) is 52.6 Å². The summed E-state index contributed by atoms with van der Waals surface area (Å²) in [5.74, 6) is -15.7. The molecule has 0 amide bonds. The second kappa shape index (κ2) is 10.7. The van der Waals surface area contributed by atoms with Crippen LogP contribution in [0.2, 0.25) is 0 Å². The molecule has 0 spiro atoms. The van der Waals surface area contributed by atoms with Gasteiger partial charge < -0.3 is 24.4 Å². The molecule has 0 bridgehead atoms. The Hall–Kier alpha value is -3.84. The van der Waals surface area contributed by atoms with Gasteiger partial charge in [-0.15, -0.1) is 0 Å². The number of hydrogen-bond acceptors (Lipinski definition) is 11. The fourth-order valence-electron chi connectivity index (χ4n) is 5.96. The number of aliphatic carboxylic acids is 2. The minimum atomic E-state index is -1.44. The van der Waals surface area contributed by atoms with Gasteiger partial charge in [-0.1, -0.05) is 23.3 Å². The first kappa shape index (κ1) is 28.2. The molecule has 2 heterocycles. The molecule has 2 aliphatic heterocycles. The maximum absolute atomic E-state index is 13.2. The van der Waals surface area contributed by atoms with Crippen LogP contribution in [0.15, 0.2) is 23.3 Å². The van der Waals surface area contributed by atoms with Gasteiger partial charge in [0.15, 0.2) is 0 Å². The SMILES string of the molecule is CC1=CC(C2OCC(=O)C2=O)CC(C(=O)OC(=O)C2CC(C3OCC(=O)C3=O)C=C(C)C2C(=O)O)C1C(=O)O. The average molecular weight is 546 g/mol. The second-order valence-electron chi connectivity index (χ2n) is 10.2. The van der Waals surface area contributed by atoms with Gasteiger partial charge in [-0.25, -0.2) is 0 Å². The Morgan fingerprint density at radius 2 is 1.08 bits per heavy atom. The van der Waals surface area contributed by atoms with Crippen LogP contribution < -0.4 is 0 Å². The Bertz CT molecular complexity index is 1150. The summed E-state index contributed by atoms with van der Waals surface area (Å²) in [7, 11) is 0. The zero-order valence-electron chi connectivity index (χ0n) is 21.0. The number of esters is 2. The molecule has 2 fully saturated rings. The van der Waals surface area contributed by atoms with Crippen LogP contribution in [0.5, 0.6) is 0 Å². The van der Waals surface area contributed by atoms with E-state index >= 15 is 0 Å². The van der Waals surface area contributed by atoms with E-state index in [0.29, 0.717) is 0 Å². The molecule has 0 aromatic heterocycles. The predicted octanol–water partition coefficient (Wildman–Crippen LogP) is -0.303. The monoisotopic (exact) mass is 546 g/mol. The van der Waals surface area contributed by atoms with Crippen molar-refractivity contribution in [2.45, 2.75) is 38.9 Å². The van der Waals surface area contributed by atoms with Gasteiger partial charge >= 0.3 is 23.9 Å². The standard InChI is InChI=1S/C26H26O13/c1-9-3-11(21-19(29)15(27)7-37-21)5-13(17(9)23(31)32)25(35)39-26(36)14-6-12(4-10(2)18(14)24(33)34)22-20(30)16(28)8-38-22/h3-4,11-14,17-18,21-22H,5-8H2,1-2H3,(H,31,32)(H,33,34). The summed E-state index contributed by atoms with van der Waals surface area (Å²) in [5, 5.41) is 19.5. The number of ketones is 4. The number of rotatable bonds is 6. The highest BCUT2D eigenvalue weighted by Crippen LogP contribution is 2.40. The van der Waals surface area contributed by atoms with Crippen molar-refractivity contribution in [3.05, 3.63) is 23.3 Å². The number of ether oxygens (including phenoxy) is 3. The molecule has 13 nitrogen and oxygen atoms in total. The fraction of sp³-hybridized carbons (Fsp3) is 0.538. The third-order valence-electron chi connectivity index (χ3n) is 7.76. The Morgan fingerprint density at radius 3 is 1.36 bits per heavy atom. The highest BCUT2D eigenvalue weighted by Gasteiger charge is 2.50. The fourth-order valence-corrected chi connectivity index (χ4v) is 5.96. The van der Waals surface area contributed by atoms with E-state index in [1.54, 1.807) is 0 Å². The van der Waals surface area contributed by atoms with Crippen molar-refractivity contribution >= 4 is 47.0 Å². The molecule has 0 aromatic rings. The maximum atomic E-state index is 13.2. The molecule has 2 saturated heterocycles. The van der Waals surface area contributed by atoms with E-state index in [1.807, 2.05) is 0 Å². The minimum Gasteiger partial charge on any atom is -0.481 e. The lowest BCUT2D eigenvalue weighted by Gasteiger charge is -2.34. The first-order valence-corrected chi connectivity index (χ1v) is 12.3. The molecule has 2 aliphatic carbocycles. The van der Waals surface area contributed by atoms with E-state index in [4.69, 9.17) is 14.2 Å². The van der Waals surface area contributed by atoms with Crippen molar-refractivity contribution in [1.29, 1.82) is 0 Å². The van der Waals surface area contributed by atoms with E-state index < -0.39 is 108 Å². The molecular weight excluding hydrogens is 520 g/mol. The van der Waals surface area contributed by atoms with Gasteiger partial charge in [-0.2, -0.15) is 0 Å². The topological polar surface area (TPSA) is 205 Å². The van der Waals surface area contributed by atoms with Crippen LogP contribution >= 0.6 is 0 Å². The number of carbonyl (C=O) groups is 8. The Labute approximate surface area is 221 Å². The number of carbonyl (C=O) groups excluding carboxylic acids is 6. The third-order valence-corrected chi connectivity index (χ3v) is 7.76. The summed E-state index contributed by atoms with van der Waals surface area (Å²) < 4.78 is 15.6. The van der Waals surface area contributed by atoms with Crippen molar-refractivity contribution in [3.63, 3.8) is 0 Å². The van der Waals surface area contributed by atoms with Gasteiger partial charge in [0.1, 0.15) is 25.4 Å². The van der Waals surface area contributed by atoms with Crippen molar-refractivity contribution in [3.8, 4) is 0 Å². The first-order valence-electron chi connectivity index (χ1n) is 12.3. The normalized spacial score (nSPS) is 34.9. The van der Waals surface area contributed by atoms with Gasteiger partial charge in [0.2, 0.25) is 23.1 Å². The van der Waals surface area contributed by atoms with Crippen LogP contribution in [0.4, 0.5) is 0 Å². The Kier molecular flexibility index (Phi) is 7.75. The maximum Gasteiger partial charge on any atom is 0.317 e. The van der Waals surface area contributed by atoms with E-state index in [9.17, 15) is 48.6 Å². The molecule has 0 aromatic carbocycles. The van der Waals surface area contributed by atoms with Crippen LogP contribution in [0.3, 0.4) is 0 Å². The number of hydrogen-bond donors (Lipinski definition) is 2. The van der Waals surface area contributed by atoms with Crippen molar-refractivity contribution in [2.75, 3.05) is 13.2 Å². The lowest BCUT2D eigenvalue weighted by molar-refractivity contribution is -0.173. The van der Waals surface area contributed by atoms with Crippen LogP contribution in [0, 0.1) is 35.5 Å². The molecule has 39 heavy (non-hydrogen) atoms. The smallest absolute Gasteiger partial charge is 0.317 e. The summed E-state index contributed by atoms with van der Waals surface area (Å²) in [4.78, 5) is 98.1. The van der Waals surface area contributed by atoms with Gasteiger partial charge in [-0.05, 0) is 26.7 Å². The van der Waals surface area contributed by atoms with Gasteiger partial charge in [0.05, 0.1) is 23.7 Å². The highest BCUT2D eigenvalue weighted by molar-refractivity contribution is 6.41. The van der Waals surface area contributed by atoms with Crippen molar-refractivity contribution < 1.29 is 62.8 Å². The summed E-state index contributed by atoms with van der Waals surface area (Å²) in [6.07, 6.45) is -0.0557. The molecule has 0 radical (unpaired) electrons. The van der Waals surface area contributed by atoms with Gasteiger partial charge in [0, 0.05) is 11.8 Å². The lowest BCUT2D eigenvalue weighted by atomic mass is 9.72. The average Bonchev–Trinajstić information content (AvgIpc) is 3.37. The molecule has 8 unspecified atom stereocenters. The zero-order valence-corrected chi connectivity index (χ0v) is 21.0. The molecule has 8 atom stereocenters. The molecule has 4 aliphatic rings. The lowest BCUT2D eigenvalue weighted by Crippen LogP contribution is -2.44. The highest BCUT2D eigenvalue weighted by atomic mass is 16.6. The first-order chi connectivity index (χ1) is 18.3. The molecule has 4 rings (SSSR count). The quantitative estimate of drug-likeness (QED) is 0.190. The predicted molar refractivity (Wildman–Crippen MR) is 124 cm³/mol. The van der Waals surface area contributed by atoms with Crippen LogP contribution in [0.1, 0.15) is 26.7 Å². The van der Waals surface area contributed by atoms with E-state index in [-0.39, 0.29) is 24.0 Å². The summed E-state index contributed by atoms with van der Waals surface area (Å²) in [6, 6.07) is 0. The Balaban J connectivity index is 1.56. The summed E-state index contributed by atoms with van der Waals surface area (Å²) >= 11 is 0. The molecule has 13 heteroatoms. The molecular formula is C26H26O13. The van der Waals surface area contributed by atoms with Crippen molar-refractivity contribution in [2.24, 2.45) is 35.5 Å². The minimum absolute atomic E-state index is 0.199. The Morgan fingerprint density at radius 1 is 0.718 bits per heavy atom. The van der Waals surface area contributed by atoms with Crippen LogP contribution in [-0.4, -0.2) is 82.6 Å². The molecule has 2 N–H and O–H groups in total. The number of carboxylic acid groups (broad SMARTS) is 2. The summed E-state index contributed by atoms with van der Waals surface area (Å²) in [6.45, 7) is 1.98. The molecule has 208 valence electrons. The van der Waals surface area contributed by atoms with Gasteiger partial charge in [0.25, 0.3) is 0 Å². The third kappa shape index (κ3) is 5.23. The number of carboxylic acids is 2. The van der Waals surface area contributed by atoms with E-state index in [0.717, 1.165) is 0 Å². The van der Waals surface area contributed by atoms with Crippen LogP contribution in [0.25, 0.3) is 0 Å². The van der Waals surface area contributed by atoms with E-state index in [1.165, 1.54) is 26.0 Å². The van der Waals surface area contributed by atoms with Gasteiger partial charge in [-0.3, -0.25) is 38.4 Å². The number of Topliss-reactive ketones (excluding diaryl/α,β-unsaturated/α-hetero) is 4. The summed E-state index contributed by atoms with van der Waals surface area (Å²) in [5.41, 5.74) is 0.399.